The molecule has 140 valence electrons. The van der Waals surface area contributed by atoms with E-state index in [1.165, 1.54) is 11.8 Å². The number of halogens is 1. The number of hydrogen-bond acceptors (Lipinski definition) is 5. The summed E-state index contributed by atoms with van der Waals surface area (Å²) < 4.78 is 9.77. The van der Waals surface area contributed by atoms with Crippen molar-refractivity contribution in [2.75, 3.05) is 12.4 Å². The molecular weight excluding hydrogens is 384 g/mol. The summed E-state index contributed by atoms with van der Waals surface area (Å²) in [7, 11) is 0. The molecule has 8 heteroatoms. The number of para-hydroxylation sites is 2. The molecule has 6 nitrogen and oxygen atoms in total. The number of rotatable bonds is 7. The Bertz CT molecular complexity index is 1060. The molecule has 0 aliphatic heterocycles. The first-order valence-corrected chi connectivity index (χ1v) is 10.1. The minimum atomic E-state index is -0.627. The smallest absolute Gasteiger partial charge is 0.237 e. The van der Waals surface area contributed by atoms with Gasteiger partial charge in [0.2, 0.25) is 5.78 Å². The normalized spacial score (nSPS) is 12.7. The summed E-state index contributed by atoms with van der Waals surface area (Å²) in [5, 5.41) is 20.3. The first-order valence-electron chi connectivity index (χ1n) is 8.69. The van der Waals surface area contributed by atoms with Crippen molar-refractivity contribution in [3.05, 3.63) is 53.6 Å². The minimum absolute atomic E-state index is 0.202. The standard InChI is InChI=1S/C19H19ClN4O2S/c1-2-23-16-5-3-4-6-17(16)24-18(23)21-22-19(24)27-12-14(25)11-26-15-9-7-13(20)8-10-15/h3-10,14,25H,2,11-12H2,1H3. The maximum absolute atomic E-state index is 10.3. The number of thioether (sulfide) groups is 1. The molecule has 1 N–H and O–H groups in total. The van der Waals surface area contributed by atoms with Crippen LogP contribution in [0.5, 0.6) is 5.75 Å². The average Bonchev–Trinajstić information content (AvgIpc) is 3.23. The number of hydrogen-bond donors (Lipinski definition) is 1. The number of aliphatic hydroxyl groups is 1. The molecular formula is C19H19ClN4O2S. The molecule has 0 radical (unpaired) electrons. The van der Waals surface area contributed by atoms with E-state index in [4.69, 9.17) is 16.3 Å². The topological polar surface area (TPSA) is 64.6 Å². The quantitative estimate of drug-likeness (QED) is 0.475. The van der Waals surface area contributed by atoms with Gasteiger partial charge in [-0.05, 0) is 43.3 Å². The zero-order chi connectivity index (χ0) is 18.8. The lowest BCUT2D eigenvalue weighted by Gasteiger charge is -2.11. The SMILES string of the molecule is CCn1c2ccccc2n2c(SCC(O)COc3ccc(Cl)cc3)nnc12. The van der Waals surface area contributed by atoms with Gasteiger partial charge in [0, 0.05) is 17.3 Å². The summed E-state index contributed by atoms with van der Waals surface area (Å²) in [5.74, 6) is 1.95. The Morgan fingerprint density at radius 1 is 1.11 bits per heavy atom. The minimum Gasteiger partial charge on any atom is -0.491 e. The number of aliphatic hydroxyl groups excluding tert-OH is 1. The van der Waals surface area contributed by atoms with Crippen LogP contribution < -0.4 is 4.74 Å². The molecule has 1 atom stereocenters. The third-order valence-electron chi connectivity index (χ3n) is 4.25. The van der Waals surface area contributed by atoms with E-state index in [2.05, 4.69) is 33.8 Å². The summed E-state index contributed by atoms with van der Waals surface area (Å²) in [4.78, 5) is 0. The Balaban J connectivity index is 1.46. The predicted octanol–water partition coefficient (Wildman–Crippen LogP) is 3.89. The summed E-state index contributed by atoms with van der Waals surface area (Å²) in [6.45, 7) is 3.11. The molecule has 27 heavy (non-hydrogen) atoms. The van der Waals surface area contributed by atoms with Gasteiger partial charge in [0.25, 0.3) is 0 Å². The van der Waals surface area contributed by atoms with E-state index in [9.17, 15) is 5.11 Å². The predicted molar refractivity (Wildman–Crippen MR) is 108 cm³/mol. The van der Waals surface area contributed by atoms with Gasteiger partial charge in [0.05, 0.1) is 17.1 Å². The summed E-state index contributed by atoms with van der Waals surface area (Å²) in [6, 6.07) is 15.2. The van der Waals surface area contributed by atoms with Crippen molar-refractivity contribution in [2.24, 2.45) is 0 Å². The van der Waals surface area contributed by atoms with Crippen LogP contribution in [0.2, 0.25) is 5.02 Å². The van der Waals surface area contributed by atoms with E-state index in [1.807, 2.05) is 16.5 Å². The summed E-state index contributed by atoms with van der Waals surface area (Å²) in [6.07, 6.45) is -0.627. The fourth-order valence-corrected chi connectivity index (χ4v) is 3.96. The van der Waals surface area contributed by atoms with Crippen molar-refractivity contribution < 1.29 is 9.84 Å². The Morgan fingerprint density at radius 2 is 1.85 bits per heavy atom. The van der Waals surface area contributed by atoms with Gasteiger partial charge in [-0.1, -0.05) is 35.5 Å². The van der Waals surface area contributed by atoms with Gasteiger partial charge < -0.3 is 14.4 Å². The van der Waals surface area contributed by atoms with Crippen LogP contribution in [0.4, 0.5) is 0 Å². The molecule has 0 bridgehead atoms. The van der Waals surface area contributed by atoms with Gasteiger partial charge in [-0.25, -0.2) is 0 Å². The highest BCUT2D eigenvalue weighted by atomic mass is 35.5. The maximum atomic E-state index is 10.3. The molecule has 0 saturated heterocycles. The van der Waals surface area contributed by atoms with E-state index < -0.39 is 6.10 Å². The molecule has 4 aromatic rings. The third-order valence-corrected chi connectivity index (χ3v) is 5.57. The summed E-state index contributed by atoms with van der Waals surface area (Å²) >= 11 is 7.32. The molecule has 0 spiro atoms. The van der Waals surface area contributed by atoms with Gasteiger partial charge >= 0.3 is 0 Å². The van der Waals surface area contributed by atoms with Crippen molar-refractivity contribution in [1.29, 1.82) is 0 Å². The maximum Gasteiger partial charge on any atom is 0.237 e. The van der Waals surface area contributed by atoms with Crippen LogP contribution in [-0.2, 0) is 6.54 Å². The van der Waals surface area contributed by atoms with Gasteiger partial charge in [-0.3, -0.25) is 4.40 Å². The fraction of sp³-hybridized carbons (Fsp3) is 0.263. The number of fused-ring (bicyclic) bond motifs is 3. The van der Waals surface area contributed by atoms with Gasteiger partial charge in [0.15, 0.2) is 5.16 Å². The number of nitrogens with zero attached hydrogens (tertiary/aromatic N) is 4. The molecule has 0 aliphatic rings. The number of imidazole rings is 1. The summed E-state index contributed by atoms with van der Waals surface area (Å²) in [5.41, 5.74) is 2.19. The highest BCUT2D eigenvalue weighted by Crippen LogP contribution is 2.26. The second-order valence-corrected chi connectivity index (χ2v) is 7.50. The zero-order valence-corrected chi connectivity index (χ0v) is 16.3. The lowest BCUT2D eigenvalue weighted by atomic mass is 10.3. The van der Waals surface area contributed by atoms with Gasteiger partial charge in [-0.15, -0.1) is 10.2 Å². The number of aromatic nitrogens is 4. The van der Waals surface area contributed by atoms with E-state index >= 15 is 0 Å². The van der Waals surface area contributed by atoms with E-state index in [0.717, 1.165) is 28.5 Å². The van der Waals surface area contributed by atoms with Crippen molar-refractivity contribution in [3.8, 4) is 5.75 Å². The molecule has 0 aliphatic carbocycles. The largest absolute Gasteiger partial charge is 0.491 e. The molecule has 2 aromatic heterocycles. The highest BCUT2D eigenvalue weighted by Gasteiger charge is 2.17. The molecule has 0 saturated carbocycles. The van der Waals surface area contributed by atoms with E-state index in [0.29, 0.717) is 16.5 Å². The highest BCUT2D eigenvalue weighted by molar-refractivity contribution is 7.99. The third kappa shape index (κ3) is 3.63. The molecule has 2 aromatic carbocycles. The first-order chi connectivity index (χ1) is 13.2. The van der Waals surface area contributed by atoms with E-state index in [1.54, 1.807) is 24.3 Å². The van der Waals surface area contributed by atoms with Crippen LogP contribution in [0.15, 0.2) is 53.7 Å². The second kappa shape index (κ2) is 7.80. The van der Waals surface area contributed by atoms with Crippen LogP contribution in [-0.4, -0.2) is 42.7 Å². The van der Waals surface area contributed by atoms with Crippen LogP contribution in [0.3, 0.4) is 0 Å². The van der Waals surface area contributed by atoms with Gasteiger partial charge in [0.1, 0.15) is 12.4 Å². The lowest BCUT2D eigenvalue weighted by Crippen LogP contribution is -2.20. The molecule has 0 fully saturated rings. The average molecular weight is 403 g/mol. The Labute approximate surface area is 165 Å². The van der Waals surface area contributed by atoms with Crippen molar-refractivity contribution >= 4 is 40.2 Å². The first kappa shape index (κ1) is 18.2. The van der Waals surface area contributed by atoms with Crippen LogP contribution in [0.1, 0.15) is 6.92 Å². The Kier molecular flexibility index (Phi) is 5.24. The van der Waals surface area contributed by atoms with E-state index in [-0.39, 0.29) is 6.61 Å². The zero-order valence-electron chi connectivity index (χ0n) is 14.7. The Morgan fingerprint density at radius 3 is 2.59 bits per heavy atom. The molecule has 2 heterocycles. The Hall–Kier alpha value is -2.22. The monoisotopic (exact) mass is 402 g/mol. The van der Waals surface area contributed by atoms with Crippen LogP contribution >= 0.6 is 23.4 Å². The number of aryl methyl sites for hydroxylation is 1. The molecule has 1 unspecified atom stereocenters. The van der Waals surface area contributed by atoms with Crippen molar-refractivity contribution in [2.45, 2.75) is 24.7 Å². The second-order valence-electron chi connectivity index (χ2n) is 6.08. The van der Waals surface area contributed by atoms with Crippen LogP contribution in [0.25, 0.3) is 16.8 Å². The van der Waals surface area contributed by atoms with Crippen LogP contribution in [0, 0.1) is 0 Å². The van der Waals surface area contributed by atoms with Gasteiger partial charge in [-0.2, -0.15) is 0 Å². The van der Waals surface area contributed by atoms with Crippen molar-refractivity contribution in [1.82, 2.24) is 19.2 Å². The molecule has 0 amide bonds. The number of benzene rings is 2. The molecule has 4 rings (SSSR count). The van der Waals surface area contributed by atoms with Crippen molar-refractivity contribution in [3.63, 3.8) is 0 Å². The fourth-order valence-electron chi connectivity index (χ4n) is 2.98. The lowest BCUT2D eigenvalue weighted by molar-refractivity contribution is 0.126. The number of ether oxygens (including phenoxy) is 1.